The topological polar surface area (TPSA) is 96.0 Å². The van der Waals surface area contributed by atoms with Gasteiger partial charge in [0.25, 0.3) is 5.91 Å². The SMILES string of the molecule is CCC(C)(O)c1ccc(OC)c(SNC(=O)c2ccc(CN3C=CCN3)c(OC)n2)c1. The molecule has 0 fully saturated rings. The first kappa shape index (κ1) is 22.9. The Kier molecular flexibility index (Phi) is 7.42. The van der Waals surface area contributed by atoms with Crippen LogP contribution in [0, 0.1) is 0 Å². The third-order valence-corrected chi connectivity index (χ3v) is 5.96. The van der Waals surface area contributed by atoms with Crippen molar-refractivity contribution >= 4 is 17.9 Å². The van der Waals surface area contributed by atoms with Crippen molar-refractivity contribution in [3.63, 3.8) is 0 Å². The van der Waals surface area contributed by atoms with Crippen molar-refractivity contribution in [2.45, 2.75) is 37.3 Å². The maximum absolute atomic E-state index is 12.7. The quantitative estimate of drug-likeness (QED) is 0.508. The number of amides is 1. The van der Waals surface area contributed by atoms with Crippen LogP contribution >= 0.6 is 11.9 Å². The van der Waals surface area contributed by atoms with E-state index in [9.17, 15) is 9.90 Å². The van der Waals surface area contributed by atoms with Crippen molar-refractivity contribution in [3.05, 3.63) is 59.4 Å². The molecule has 1 atom stereocenters. The van der Waals surface area contributed by atoms with Gasteiger partial charge in [-0.15, -0.1) is 0 Å². The zero-order valence-electron chi connectivity index (χ0n) is 18.1. The molecule has 3 rings (SSSR count). The molecule has 2 heterocycles. The van der Waals surface area contributed by atoms with Crippen molar-refractivity contribution in [1.29, 1.82) is 0 Å². The van der Waals surface area contributed by atoms with E-state index in [2.05, 4.69) is 15.1 Å². The summed E-state index contributed by atoms with van der Waals surface area (Å²) in [5.74, 6) is 0.648. The van der Waals surface area contributed by atoms with Crippen molar-refractivity contribution < 1.29 is 19.4 Å². The molecule has 166 valence electrons. The standard InChI is InChI=1S/C22H28N4O4S/c1-5-22(2,28)16-8-10-18(29-3)19(13-16)31-25-20(27)17-9-7-15(21(24-17)30-4)14-26-12-6-11-23-26/h6-10,12-13,23,28H,5,11,14H2,1-4H3,(H,25,27). The number of rotatable bonds is 9. The van der Waals surface area contributed by atoms with E-state index in [1.807, 2.05) is 42.4 Å². The minimum Gasteiger partial charge on any atom is -0.496 e. The van der Waals surface area contributed by atoms with Gasteiger partial charge < -0.3 is 19.6 Å². The second kappa shape index (κ2) is 10.0. The number of hydrazine groups is 1. The van der Waals surface area contributed by atoms with Crippen LogP contribution in [0.1, 0.15) is 41.9 Å². The number of aromatic nitrogens is 1. The third kappa shape index (κ3) is 5.49. The summed E-state index contributed by atoms with van der Waals surface area (Å²) in [7, 11) is 3.10. The maximum atomic E-state index is 12.7. The minimum atomic E-state index is -0.963. The van der Waals surface area contributed by atoms with E-state index in [-0.39, 0.29) is 11.6 Å². The van der Waals surface area contributed by atoms with E-state index in [0.717, 1.165) is 29.6 Å². The molecule has 0 saturated heterocycles. The molecule has 1 aromatic heterocycles. The van der Waals surface area contributed by atoms with Crippen molar-refractivity contribution in [2.75, 3.05) is 20.8 Å². The van der Waals surface area contributed by atoms with Crippen LogP contribution in [0.3, 0.4) is 0 Å². The Morgan fingerprint density at radius 1 is 1.32 bits per heavy atom. The van der Waals surface area contributed by atoms with Crippen LogP contribution in [-0.4, -0.2) is 41.8 Å². The van der Waals surface area contributed by atoms with Gasteiger partial charge in [0.15, 0.2) is 0 Å². The number of aliphatic hydroxyl groups is 1. The van der Waals surface area contributed by atoms with Gasteiger partial charge in [-0.3, -0.25) is 9.52 Å². The summed E-state index contributed by atoms with van der Waals surface area (Å²) in [6, 6.07) is 8.93. The molecule has 1 aliphatic heterocycles. The van der Waals surface area contributed by atoms with Crippen molar-refractivity contribution in [1.82, 2.24) is 20.1 Å². The van der Waals surface area contributed by atoms with Crippen molar-refractivity contribution in [3.8, 4) is 11.6 Å². The molecule has 1 unspecified atom stereocenters. The second-order valence-electron chi connectivity index (χ2n) is 7.27. The van der Waals surface area contributed by atoms with Gasteiger partial charge in [-0.25, -0.2) is 10.4 Å². The molecular weight excluding hydrogens is 416 g/mol. The number of hydrogen-bond acceptors (Lipinski definition) is 8. The molecule has 9 heteroatoms. The van der Waals surface area contributed by atoms with Crippen LogP contribution in [0.5, 0.6) is 11.6 Å². The van der Waals surface area contributed by atoms with E-state index in [4.69, 9.17) is 9.47 Å². The van der Waals surface area contributed by atoms with Gasteiger partial charge in [0.2, 0.25) is 5.88 Å². The minimum absolute atomic E-state index is 0.244. The first-order valence-corrected chi connectivity index (χ1v) is 10.8. The number of methoxy groups -OCH3 is 2. The molecule has 2 aromatic rings. The van der Waals surface area contributed by atoms with Crippen LogP contribution in [0.25, 0.3) is 0 Å². The molecule has 1 aliphatic rings. The fourth-order valence-electron chi connectivity index (χ4n) is 3.04. The Labute approximate surface area is 186 Å². The number of carbonyl (C=O) groups is 1. The van der Waals surface area contributed by atoms with Gasteiger partial charge in [-0.2, -0.15) is 0 Å². The fourth-order valence-corrected chi connectivity index (χ4v) is 3.78. The number of nitrogens with one attached hydrogen (secondary N) is 2. The number of benzene rings is 1. The Hall–Kier alpha value is -2.75. The van der Waals surface area contributed by atoms with Gasteiger partial charge in [0, 0.05) is 18.3 Å². The van der Waals surface area contributed by atoms with Gasteiger partial charge in [-0.05, 0) is 55.1 Å². The fraction of sp³-hybridized carbons (Fsp3) is 0.364. The lowest BCUT2D eigenvalue weighted by Crippen LogP contribution is -2.28. The van der Waals surface area contributed by atoms with Crippen molar-refractivity contribution in [2.24, 2.45) is 0 Å². The Morgan fingerprint density at radius 2 is 2.13 bits per heavy atom. The molecule has 31 heavy (non-hydrogen) atoms. The summed E-state index contributed by atoms with van der Waals surface area (Å²) in [5, 5.41) is 12.5. The lowest BCUT2D eigenvalue weighted by molar-refractivity contribution is 0.0528. The van der Waals surface area contributed by atoms with Crippen LogP contribution in [-0.2, 0) is 12.1 Å². The summed E-state index contributed by atoms with van der Waals surface area (Å²) < 4.78 is 13.6. The number of nitrogens with zero attached hydrogens (tertiary/aromatic N) is 2. The monoisotopic (exact) mass is 444 g/mol. The normalized spacial score (nSPS) is 14.9. The molecule has 8 nitrogen and oxygen atoms in total. The van der Waals surface area contributed by atoms with E-state index in [0.29, 0.717) is 29.5 Å². The Morgan fingerprint density at radius 3 is 2.77 bits per heavy atom. The average molecular weight is 445 g/mol. The highest BCUT2D eigenvalue weighted by Crippen LogP contribution is 2.33. The van der Waals surface area contributed by atoms with Gasteiger partial charge in [-0.1, -0.05) is 19.1 Å². The zero-order chi connectivity index (χ0) is 22.4. The lowest BCUT2D eigenvalue weighted by atomic mass is 9.93. The molecule has 0 radical (unpaired) electrons. The summed E-state index contributed by atoms with van der Waals surface area (Å²) >= 11 is 1.12. The predicted molar refractivity (Wildman–Crippen MR) is 120 cm³/mol. The third-order valence-electron chi connectivity index (χ3n) is 5.13. The first-order valence-electron chi connectivity index (χ1n) is 9.96. The lowest BCUT2D eigenvalue weighted by Gasteiger charge is -2.23. The molecule has 1 aromatic carbocycles. The van der Waals surface area contributed by atoms with Gasteiger partial charge in [0.1, 0.15) is 11.4 Å². The molecule has 0 spiro atoms. The zero-order valence-corrected chi connectivity index (χ0v) is 19.0. The number of hydrogen-bond donors (Lipinski definition) is 3. The summed E-state index contributed by atoms with van der Waals surface area (Å²) in [6.45, 7) is 5.03. The van der Waals surface area contributed by atoms with E-state index in [1.165, 1.54) is 7.11 Å². The van der Waals surface area contributed by atoms with Crippen LogP contribution in [0.2, 0.25) is 0 Å². The smallest absolute Gasteiger partial charge is 0.280 e. The highest BCUT2D eigenvalue weighted by Gasteiger charge is 2.22. The molecule has 0 bridgehead atoms. The average Bonchev–Trinajstić information content (AvgIpc) is 3.30. The van der Waals surface area contributed by atoms with E-state index >= 15 is 0 Å². The van der Waals surface area contributed by atoms with Gasteiger partial charge in [0.05, 0.1) is 31.3 Å². The summed E-state index contributed by atoms with van der Waals surface area (Å²) in [6.07, 6.45) is 4.53. The van der Waals surface area contributed by atoms with Crippen LogP contribution < -0.4 is 19.6 Å². The second-order valence-corrected chi connectivity index (χ2v) is 8.11. The molecule has 3 N–H and O–H groups in total. The molecule has 0 aliphatic carbocycles. The highest BCUT2D eigenvalue weighted by molar-refractivity contribution is 7.98. The molecular formula is C22H28N4O4S. The van der Waals surface area contributed by atoms with Crippen LogP contribution in [0.15, 0.2) is 47.5 Å². The Bertz CT molecular complexity index is 965. The number of pyridine rings is 1. The molecule has 1 amide bonds. The Balaban J connectivity index is 1.73. The highest BCUT2D eigenvalue weighted by atomic mass is 32.2. The predicted octanol–water partition coefficient (Wildman–Crippen LogP) is 2.99. The first-order chi connectivity index (χ1) is 14.9. The number of carbonyl (C=O) groups excluding carboxylic acids is 1. The number of ether oxygens (including phenoxy) is 2. The summed E-state index contributed by atoms with van der Waals surface area (Å²) in [4.78, 5) is 17.8. The maximum Gasteiger partial charge on any atom is 0.280 e. The summed E-state index contributed by atoms with van der Waals surface area (Å²) in [5.41, 5.74) is 4.08. The van der Waals surface area contributed by atoms with Crippen LogP contribution in [0.4, 0.5) is 0 Å². The largest absolute Gasteiger partial charge is 0.496 e. The molecule has 0 saturated carbocycles. The van der Waals surface area contributed by atoms with Gasteiger partial charge >= 0.3 is 0 Å². The van der Waals surface area contributed by atoms with E-state index < -0.39 is 5.60 Å². The van der Waals surface area contributed by atoms with E-state index in [1.54, 1.807) is 26.2 Å².